The highest BCUT2D eigenvalue weighted by atomic mass is 16.6. The number of nitro benzene ring substituents is 1. The lowest BCUT2D eigenvalue weighted by Gasteiger charge is -2.24. The lowest BCUT2D eigenvalue weighted by molar-refractivity contribution is -0.384. The van der Waals surface area contributed by atoms with E-state index in [2.05, 4.69) is 0 Å². The summed E-state index contributed by atoms with van der Waals surface area (Å²) in [5.41, 5.74) is 0.0949. The first-order valence-electron chi connectivity index (χ1n) is 8.83. The van der Waals surface area contributed by atoms with Gasteiger partial charge in [-0.05, 0) is 38.2 Å². The van der Waals surface area contributed by atoms with Gasteiger partial charge in [0.05, 0.1) is 10.8 Å². The highest BCUT2D eigenvalue weighted by molar-refractivity contribution is 6.04. The van der Waals surface area contributed by atoms with Crippen LogP contribution in [0, 0.1) is 16.0 Å². The molecule has 2 atom stereocenters. The minimum atomic E-state index is -1.29. The smallest absolute Gasteiger partial charge is 0.317 e. The zero-order valence-electron chi connectivity index (χ0n) is 15.0. The standard InChI is InChI=1S/C19H23NO6/c1-3-16(22)18(13-7-6-8-14(11-13)20(24)25)17(12(2)21)19(23)26-15-9-4-5-10-15/h6-8,11,15,17-18H,3-5,9-10H2,1-2H3. The van der Waals surface area contributed by atoms with Crippen LogP contribution >= 0.6 is 0 Å². The van der Waals surface area contributed by atoms with Crippen molar-refractivity contribution >= 4 is 23.2 Å². The number of carbonyl (C=O) groups is 3. The first-order valence-corrected chi connectivity index (χ1v) is 8.83. The molecule has 0 aromatic heterocycles. The predicted octanol–water partition coefficient (Wildman–Crippen LogP) is 3.35. The Labute approximate surface area is 151 Å². The summed E-state index contributed by atoms with van der Waals surface area (Å²) in [4.78, 5) is 47.9. The van der Waals surface area contributed by atoms with Crippen LogP contribution in [0.4, 0.5) is 5.69 Å². The van der Waals surface area contributed by atoms with Crippen molar-refractivity contribution in [3.05, 3.63) is 39.9 Å². The fraction of sp³-hybridized carbons (Fsp3) is 0.526. The van der Waals surface area contributed by atoms with E-state index in [-0.39, 0.29) is 29.6 Å². The van der Waals surface area contributed by atoms with E-state index < -0.39 is 28.5 Å². The maximum absolute atomic E-state index is 12.7. The third-order valence-corrected chi connectivity index (χ3v) is 4.75. The number of non-ortho nitro benzene ring substituents is 1. The van der Waals surface area contributed by atoms with Crippen LogP contribution in [0.25, 0.3) is 0 Å². The van der Waals surface area contributed by atoms with E-state index in [9.17, 15) is 24.5 Å². The number of Topliss-reactive ketones (excluding diaryl/α,β-unsaturated/α-hetero) is 2. The lowest BCUT2D eigenvalue weighted by Crippen LogP contribution is -2.36. The van der Waals surface area contributed by atoms with Gasteiger partial charge in [-0.3, -0.25) is 24.5 Å². The molecule has 1 aromatic carbocycles. The van der Waals surface area contributed by atoms with Crippen molar-refractivity contribution in [3.63, 3.8) is 0 Å². The molecule has 1 aliphatic rings. The van der Waals surface area contributed by atoms with Crippen molar-refractivity contribution in [2.24, 2.45) is 5.92 Å². The first-order chi connectivity index (χ1) is 12.3. The Morgan fingerprint density at radius 1 is 1.27 bits per heavy atom. The second-order valence-electron chi connectivity index (χ2n) is 6.58. The number of ether oxygens (including phenoxy) is 1. The number of nitro groups is 1. The number of hydrogen-bond donors (Lipinski definition) is 0. The van der Waals surface area contributed by atoms with E-state index >= 15 is 0 Å². The average molecular weight is 361 g/mol. The Morgan fingerprint density at radius 3 is 2.46 bits per heavy atom. The van der Waals surface area contributed by atoms with Crippen molar-refractivity contribution in [2.75, 3.05) is 0 Å². The lowest BCUT2D eigenvalue weighted by atomic mass is 9.79. The van der Waals surface area contributed by atoms with Gasteiger partial charge in [-0.15, -0.1) is 0 Å². The highest BCUT2D eigenvalue weighted by Crippen LogP contribution is 2.32. The third kappa shape index (κ3) is 4.53. The van der Waals surface area contributed by atoms with Gasteiger partial charge in [-0.25, -0.2) is 0 Å². The molecule has 140 valence electrons. The van der Waals surface area contributed by atoms with Gasteiger partial charge in [0.1, 0.15) is 23.6 Å². The van der Waals surface area contributed by atoms with Gasteiger partial charge < -0.3 is 4.74 Å². The molecule has 0 spiro atoms. The summed E-state index contributed by atoms with van der Waals surface area (Å²) in [7, 11) is 0. The molecule has 1 aliphatic carbocycles. The van der Waals surface area contributed by atoms with E-state index in [0.717, 1.165) is 25.7 Å². The predicted molar refractivity (Wildman–Crippen MR) is 93.7 cm³/mol. The number of ketones is 2. The molecule has 2 rings (SSSR count). The van der Waals surface area contributed by atoms with Crippen LogP contribution in [0.2, 0.25) is 0 Å². The zero-order valence-corrected chi connectivity index (χ0v) is 15.0. The van der Waals surface area contributed by atoms with Crippen LogP contribution in [0.3, 0.4) is 0 Å². The van der Waals surface area contributed by atoms with E-state index in [1.54, 1.807) is 6.92 Å². The van der Waals surface area contributed by atoms with Gasteiger partial charge in [0.2, 0.25) is 0 Å². The average Bonchev–Trinajstić information content (AvgIpc) is 3.11. The maximum Gasteiger partial charge on any atom is 0.317 e. The molecule has 0 N–H and O–H groups in total. The Morgan fingerprint density at radius 2 is 1.92 bits per heavy atom. The Hall–Kier alpha value is -2.57. The normalized spacial score (nSPS) is 16.7. The molecule has 0 aliphatic heterocycles. The molecule has 0 saturated heterocycles. The highest BCUT2D eigenvalue weighted by Gasteiger charge is 2.40. The molecule has 2 unspecified atom stereocenters. The second-order valence-corrected chi connectivity index (χ2v) is 6.58. The largest absolute Gasteiger partial charge is 0.462 e. The summed E-state index contributed by atoms with van der Waals surface area (Å²) >= 11 is 0. The Kier molecular flexibility index (Phi) is 6.60. The maximum atomic E-state index is 12.7. The zero-order chi connectivity index (χ0) is 19.3. The van der Waals surface area contributed by atoms with E-state index in [1.807, 2.05) is 0 Å². The molecule has 26 heavy (non-hydrogen) atoms. The topological polar surface area (TPSA) is 104 Å². The number of rotatable bonds is 8. The molecule has 7 nitrogen and oxygen atoms in total. The number of hydrogen-bond acceptors (Lipinski definition) is 6. The van der Waals surface area contributed by atoms with Gasteiger partial charge in [0.15, 0.2) is 0 Å². The summed E-state index contributed by atoms with van der Waals surface area (Å²) in [5.74, 6) is -3.89. The fourth-order valence-electron chi connectivity index (χ4n) is 3.40. The Bertz CT molecular complexity index is 708. The molecule has 7 heteroatoms. The van der Waals surface area contributed by atoms with Crippen molar-refractivity contribution < 1.29 is 24.0 Å². The quantitative estimate of drug-likeness (QED) is 0.304. The van der Waals surface area contributed by atoms with Crippen molar-refractivity contribution in [3.8, 4) is 0 Å². The van der Waals surface area contributed by atoms with E-state index in [1.165, 1.54) is 31.2 Å². The first kappa shape index (κ1) is 19.8. The fourth-order valence-corrected chi connectivity index (χ4v) is 3.40. The van der Waals surface area contributed by atoms with Crippen molar-refractivity contribution in [1.29, 1.82) is 0 Å². The Balaban J connectivity index is 2.39. The minimum absolute atomic E-state index is 0.105. The van der Waals surface area contributed by atoms with Crippen LogP contribution in [0.1, 0.15) is 57.4 Å². The second kappa shape index (κ2) is 8.69. The van der Waals surface area contributed by atoms with Gasteiger partial charge in [-0.2, -0.15) is 0 Å². The summed E-state index contributed by atoms with van der Waals surface area (Å²) < 4.78 is 5.46. The van der Waals surface area contributed by atoms with Gasteiger partial charge in [-0.1, -0.05) is 19.1 Å². The van der Waals surface area contributed by atoms with Crippen molar-refractivity contribution in [1.82, 2.24) is 0 Å². The molecule has 1 fully saturated rings. The summed E-state index contributed by atoms with van der Waals surface area (Å²) in [6.07, 6.45) is 3.30. The minimum Gasteiger partial charge on any atom is -0.462 e. The van der Waals surface area contributed by atoms with Gasteiger partial charge >= 0.3 is 5.97 Å². The summed E-state index contributed by atoms with van der Waals surface area (Å²) in [6, 6.07) is 5.53. The van der Waals surface area contributed by atoms with Gasteiger partial charge in [0, 0.05) is 18.6 Å². The third-order valence-electron chi connectivity index (χ3n) is 4.75. The molecule has 0 amide bonds. The molecule has 0 radical (unpaired) electrons. The van der Waals surface area contributed by atoms with Crippen LogP contribution in [0.5, 0.6) is 0 Å². The molecule has 1 aromatic rings. The molecule has 1 saturated carbocycles. The molecular formula is C19H23NO6. The summed E-state index contributed by atoms with van der Waals surface area (Å²) in [6.45, 7) is 2.88. The van der Waals surface area contributed by atoms with Crippen LogP contribution in [-0.4, -0.2) is 28.6 Å². The molecule has 0 bridgehead atoms. The van der Waals surface area contributed by atoms with Gasteiger partial charge in [0.25, 0.3) is 5.69 Å². The summed E-state index contributed by atoms with van der Waals surface area (Å²) in [5, 5.41) is 11.0. The number of nitrogens with zero attached hydrogens (tertiary/aromatic N) is 1. The molecule has 0 heterocycles. The monoisotopic (exact) mass is 361 g/mol. The van der Waals surface area contributed by atoms with Crippen LogP contribution in [0.15, 0.2) is 24.3 Å². The van der Waals surface area contributed by atoms with E-state index in [0.29, 0.717) is 0 Å². The number of esters is 1. The van der Waals surface area contributed by atoms with Crippen LogP contribution < -0.4 is 0 Å². The number of carbonyl (C=O) groups excluding carboxylic acids is 3. The van der Waals surface area contributed by atoms with E-state index in [4.69, 9.17) is 4.74 Å². The van der Waals surface area contributed by atoms with Crippen LogP contribution in [-0.2, 0) is 19.1 Å². The SMILES string of the molecule is CCC(=O)C(c1cccc([N+](=O)[O-])c1)C(C(C)=O)C(=O)OC1CCCC1. The van der Waals surface area contributed by atoms with Crippen molar-refractivity contribution in [2.45, 2.75) is 58.0 Å². The molecular weight excluding hydrogens is 338 g/mol. The number of benzene rings is 1.